The molecule has 0 radical (unpaired) electrons. The first-order chi connectivity index (χ1) is 6.27. The molecular formula is C10H19IN2. The van der Waals surface area contributed by atoms with Crippen molar-refractivity contribution < 1.29 is 0 Å². The Hall–Kier alpha value is 0.650. The number of hydrogen-bond donors (Lipinski definition) is 0. The molecule has 2 fully saturated rings. The van der Waals surface area contributed by atoms with Crippen molar-refractivity contribution in [1.82, 2.24) is 9.80 Å². The highest BCUT2D eigenvalue weighted by molar-refractivity contribution is 14.1. The van der Waals surface area contributed by atoms with Gasteiger partial charge in [-0.2, -0.15) is 0 Å². The molecule has 2 aliphatic heterocycles. The standard InChI is InChI=1S/C10H19IN2/c1-9(11)13-7-4-10(8-13)12-5-2-3-6-12/h9-10H,2-8H2,1H3/t9-,10?/m1/s1. The van der Waals surface area contributed by atoms with Gasteiger partial charge in [-0.15, -0.1) is 0 Å². The van der Waals surface area contributed by atoms with E-state index in [1.54, 1.807) is 0 Å². The van der Waals surface area contributed by atoms with Crippen molar-refractivity contribution in [2.45, 2.75) is 36.3 Å². The van der Waals surface area contributed by atoms with Crippen molar-refractivity contribution in [3.63, 3.8) is 0 Å². The number of alkyl halides is 1. The van der Waals surface area contributed by atoms with Gasteiger partial charge in [-0.1, -0.05) is 22.6 Å². The molecule has 0 aromatic carbocycles. The summed E-state index contributed by atoms with van der Waals surface area (Å²) in [5.74, 6) is 0. The molecule has 2 heterocycles. The molecule has 3 heteroatoms. The third kappa shape index (κ3) is 2.36. The second kappa shape index (κ2) is 4.45. The van der Waals surface area contributed by atoms with Gasteiger partial charge in [-0.3, -0.25) is 9.80 Å². The van der Waals surface area contributed by atoms with Gasteiger partial charge in [-0.05, 0) is 39.3 Å². The van der Waals surface area contributed by atoms with Crippen molar-refractivity contribution in [2.75, 3.05) is 26.2 Å². The van der Waals surface area contributed by atoms with Crippen LogP contribution in [-0.4, -0.2) is 46.1 Å². The lowest BCUT2D eigenvalue weighted by molar-refractivity contribution is 0.233. The molecular weight excluding hydrogens is 275 g/mol. The Bertz CT molecular complexity index is 166. The Balaban J connectivity index is 1.83. The van der Waals surface area contributed by atoms with Crippen LogP contribution in [0.5, 0.6) is 0 Å². The molecule has 2 rings (SSSR count). The predicted molar refractivity (Wildman–Crippen MR) is 64.3 cm³/mol. The van der Waals surface area contributed by atoms with Crippen LogP contribution in [0.3, 0.4) is 0 Å². The summed E-state index contributed by atoms with van der Waals surface area (Å²) in [6.07, 6.45) is 4.25. The summed E-state index contributed by atoms with van der Waals surface area (Å²) in [4.78, 5) is 5.29. The Morgan fingerprint density at radius 2 is 1.92 bits per heavy atom. The van der Waals surface area contributed by atoms with Crippen LogP contribution < -0.4 is 0 Å². The van der Waals surface area contributed by atoms with Gasteiger partial charge >= 0.3 is 0 Å². The number of nitrogens with zero attached hydrogens (tertiary/aromatic N) is 2. The van der Waals surface area contributed by atoms with E-state index in [2.05, 4.69) is 39.3 Å². The van der Waals surface area contributed by atoms with Crippen LogP contribution in [0.2, 0.25) is 0 Å². The molecule has 0 bridgehead atoms. The third-order valence-corrected chi connectivity index (χ3v) is 4.14. The summed E-state index contributed by atoms with van der Waals surface area (Å²) in [5.41, 5.74) is 0. The largest absolute Gasteiger partial charge is 0.299 e. The van der Waals surface area contributed by atoms with Crippen LogP contribution in [0.4, 0.5) is 0 Å². The molecule has 2 nitrogen and oxygen atoms in total. The highest BCUT2D eigenvalue weighted by atomic mass is 127. The summed E-state index contributed by atoms with van der Waals surface area (Å²) in [6.45, 7) is 7.63. The minimum Gasteiger partial charge on any atom is -0.299 e. The zero-order chi connectivity index (χ0) is 9.26. The minimum atomic E-state index is 0.713. The van der Waals surface area contributed by atoms with Gasteiger partial charge in [-0.25, -0.2) is 0 Å². The fraction of sp³-hybridized carbons (Fsp3) is 1.00. The van der Waals surface area contributed by atoms with Crippen LogP contribution in [0.15, 0.2) is 0 Å². The van der Waals surface area contributed by atoms with Gasteiger partial charge in [0.05, 0.1) is 4.05 Å². The van der Waals surface area contributed by atoms with Gasteiger partial charge in [0.2, 0.25) is 0 Å². The fourth-order valence-electron chi connectivity index (χ4n) is 2.50. The van der Waals surface area contributed by atoms with Crippen molar-refractivity contribution in [3.05, 3.63) is 0 Å². The van der Waals surface area contributed by atoms with Gasteiger partial charge < -0.3 is 0 Å². The molecule has 0 aromatic rings. The van der Waals surface area contributed by atoms with Crippen molar-refractivity contribution in [3.8, 4) is 0 Å². The lowest BCUT2D eigenvalue weighted by Crippen LogP contribution is -2.36. The van der Waals surface area contributed by atoms with Gasteiger partial charge in [0.1, 0.15) is 0 Å². The van der Waals surface area contributed by atoms with E-state index >= 15 is 0 Å². The molecule has 0 saturated carbocycles. The molecule has 76 valence electrons. The maximum absolute atomic E-state index is 2.69. The van der Waals surface area contributed by atoms with E-state index in [9.17, 15) is 0 Å². The molecule has 1 unspecified atom stereocenters. The van der Waals surface area contributed by atoms with Gasteiger partial charge in [0, 0.05) is 19.1 Å². The van der Waals surface area contributed by atoms with Crippen LogP contribution in [0.25, 0.3) is 0 Å². The Labute approximate surface area is 94.8 Å². The topological polar surface area (TPSA) is 6.48 Å². The number of hydrogen-bond acceptors (Lipinski definition) is 2. The maximum atomic E-state index is 2.69. The van der Waals surface area contributed by atoms with Crippen molar-refractivity contribution in [2.24, 2.45) is 0 Å². The second-order valence-electron chi connectivity index (χ2n) is 4.25. The second-order valence-corrected chi connectivity index (χ2v) is 6.06. The summed E-state index contributed by atoms with van der Waals surface area (Å²) < 4.78 is 0.713. The van der Waals surface area contributed by atoms with E-state index < -0.39 is 0 Å². The van der Waals surface area contributed by atoms with E-state index in [1.165, 1.54) is 45.4 Å². The first-order valence-electron chi connectivity index (χ1n) is 5.39. The SMILES string of the molecule is C[C@H](I)N1CCC(N2CCCC2)C1. The molecule has 0 spiro atoms. The normalized spacial score (nSPS) is 34.2. The van der Waals surface area contributed by atoms with E-state index in [0.29, 0.717) is 4.05 Å². The zero-order valence-corrected chi connectivity index (χ0v) is 10.5. The highest BCUT2D eigenvalue weighted by Crippen LogP contribution is 2.23. The van der Waals surface area contributed by atoms with Gasteiger partial charge in [0.15, 0.2) is 0 Å². The van der Waals surface area contributed by atoms with Crippen LogP contribution in [0.1, 0.15) is 26.2 Å². The number of halogens is 1. The summed E-state index contributed by atoms with van der Waals surface area (Å²) >= 11 is 2.53. The van der Waals surface area contributed by atoms with E-state index in [0.717, 1.165) is 6.04 Å². The van der Waals surface area contributed by atoms with Crippen LogP contribution in [0, 0.1) is 0 Å². The average molecular weight is 294 g/mol. The molecule has 0 N–H and O–H groups in total. The minimum absolute atomic E-state index is 0.713. The molecule has 2 aliphatic rings. The lowest BCUT2D eigenvalue weighted by Gasteiger charge is -2.24. The van der Waals surface area contributed by atoms with E-state index in [4.69, 9.17) is 0 Å². The summed E-state index contributed by atoms with van der Waals surface area (Å²) in [6, 6.07) is 0.875. The first kappa shape index (κ1) is 10.2. The lowest BCUT2D eigenvalue weighted by atomic mass is 10.2. The number of likely N-dealkylation sites (tertiary alicyclic amines) is 2. The quantitative estimate of drug-likeness (QED) is 0.436. The zero-order valence-electron chi connectivity index (χ0n) is 8.38. The van der Waals surface area contributed by atoms with E-state index in [-0.39, 0.29) is 0 Å². The molecule has 2 atom stereocenters. The molecule has 13 heavy (non-hydrogen) atoms. The fourth-order valence-corrected chi connectivity index (χ4v) is 3.00. The monoisotopic (exact) mass is 294 g/mol. The predicted octanol–water partition coefficient (Wildman–Crippen LogP) is 1.94. The van der Waals surface area contributed by atoms with Crippen molar-refractivity contribution in [1.29, 1.82) is 0 Å². The molecule has 0 aromatic heterocycles. The average Bonchev–Trinajstić information content (AvgIpc) is 2.75. The van der Waals surface area contributed by atoms with E-state index in [1.807, 2.05) is 0 Å². The summed E-state index contributed by atoms with van der Waals surface area (Å²) in [5, 5.41) is 0. The Kier molecular flexibility index (Phi) is 3.48. The maximum Gasteiger partial charge on any atom is 0.0590 e. The molecule has 0 amide bonds. The highest BCUT2D eigenvalue weighted by Gasteiger charge is 2.30. The Morgan fingerprint density at radius 1 is 1.23 bits per heavy atom. The third-order valence-electron chi connectivity index (χ3n) is 3.36. The number of rotatable bonds is 2. The molecule has 2 saturated heterocycles. The van der Waals surface area contributed by atoms with Gasteiger partial charge in [0.25, 0.3) is 0 Å². The smallest absolute Gasteiger partial charge is 0.0590 e. The first-order valence-corrected chi connectivity index (χ1v) is 6.64. The molecule has 0 aliphatic carbocycles. The Morgan fingerprint density at radius 3 is 2.46 bits per heavy atom. The van der Waals surface area contributed by atoms with Crippen molar-refractivity contribution >= 4 is 22.6 Å². The van der Waals surface area contributed by atoms with Crippen LogP contribution in [-0.2, 0) is 0 Å². The van der Waals surface area contributed by atoms with Crippen LogP contribution >= 0.6 is 22.6 Å². The summed E-state index contributed by atoms with van der Waals surface area (Å²) in [7, 11) is 0.